The highest BCUT2D eigenvalue weighted by Crippen LogP contribution is 2.48. The van der Waals surface area contributed by atoms with Crippen molar-refractivity contribution in [2.45, 2.75) is 45.6 Å². The molecule has 2 fully saturated rings. The Balaban J connectivity index is 1.64. The average Bonchev–Trinajstić information content (AvgIpc) is 2.41. The van der Waals surface area contributed by atoms with Crippen LogP contribution < -0.4 is 5.32 Å². The van der Waals surface area contributed by atoms with Crippen molar-refractivity contribution >= 4 is 11.6 Å². The Hall–Kier alpha value is -1.35. The van der Waals surface area contributed by atoms with E-state index in [1.807, 2.05) is 31.2 Å². The average molecular weight is 273 g/mol. The van der Waals surface area contributed by atoms with Crippen LogP contribution in [0.1, 0.15) is 38.2 Å². The lowest BCUT2D eigenvalue weighted by atomic mass is 9.65. The molecule has 1 spiro atoms. The van der Waals surface area contributed by atoms with Gasteiger partial charge in [-0.3, -0.25) is 4.79 Å². The summed E-state index contributed by atoms with van der Waals surface area (Å²) in [4.78, 5) is 12.4. The summed E-state index contributed by atoms with van der Waals surface area (Å²) in [6.07, 6.45) is 4.44. The molecule has 1 saturated heterocycles. The maximum atomic E-state index is 12.4. The molecule has 1 atom stereocenters. The smallest absolute Gasteiger partial charge is 0.254 e. The highest BCUT2D eigenvalue weighted by atomic mass is 16.5. The molecule has 2 aliphatic rings. The highest BCUT2D eigenvalue weighted by Gasteiger charge is 2.53. The third-order valence-electron chi connectivity index (χ3n) is 4.92. The fraction of sp³-hybridized carbons (Fsp3) is 0.588. The molecule has 3 heteroatoms. The predicted molar refractivity (Wildman–Crippen MR) is 79.6 cm³/mol. The third-order valence-corrected chi connectivity index (χ3v) is 4.92. The minimum atomic E-state index is -0.253. The van der Waals surface area contributed by atoms with Crippen LogP contribution in [-0.2, 0) is 9.53 Å². The van der Waals surface area contributed by atoms with E-state index in [2.05, 4.69) is 12.2 Å². The normalized spacial score (nSPS) is 32.7. The molecule has 1 aromatic carbocycles. The van der Waals surface area contributed by atoms with Crippen molar-refractivity contribution < 1.29 is 9.53 Å². The topological polar surface area (TPSA) is 38.3 Å². The minimum absolute atomic E-state index is 0.0228. The molecular formula is C17H23NO2. The minimum Gasteiger partial charge on any atom is -0.367 e. The van der Waals surface area contributed by atoms with Gasteiger partial charge >= 0.3 is 0 Å². The summed E-state index contributed by atoms with van der Waals surface area (Å²) in [6.45, 7) is 5.10. The van der Waals surface area contributed by atoms with E-state index >= 15 is 0 Å². The van der Waals surface area contributed by atoms with Crippen LogP contribution in [0.2, 0.25) is 0 Å². The van der Waals surface area contributed by atoms with E-state index in [1.165, 1.54) is 18.4 Å². The Morgan fingerprint density at radius 2 is 1.90 bits per heavy atom. The first-order chi connectivity index (χ1) is 9.59. The molecule has 0 radical (unpaired) electrons. The summed E-state index contributed by atoms with van der Waals surface area (Å²) in [7, 11) is 0. The van der Waals surface area contributed by atoms with E-state index in [1.54, 1.807) is 0 Å². The van der Waals surface area contributed by atoms with E-state index < -0.39 is 0 Å². The number of benzene rings is 1. The second kappa shape index (κ2) is 5.21. The third kappa shape index (κ3) is 2.47. The first kappa shape index (κ1) is 13.6. The van der Waals surface area contributed by atoms with E-state index in [0.29, 0.717) is 0 Å². The van der Waals surface area contributed by atoms with Gasteiger partial charge in [0.05, 0.1) is 6.61 Å². The van der Waals surface area contributed by atoms with Gasteiger partial charge in [0.25, 0.3) is 5.91 Å². The SMILES string of the molecule is Cc1ccc(NC(=O)C2OCC23CCC(C)CC3)cc1. The fourth-order valence-corrected chi connectivity index (χ4v) is 3.34. The number of ether oxygens (including phenoxy) is 1. The van der Waals surface area contributed by atoms with Gasteiger partial charge in [-0.05, 0) is 50.7 Å². The molecule has 1 amide bonds. The number of aryl methyl sites for hydroxylation is 1. The van der Waals surface area contributed by atoms with Crippen molar-refractivity contribution in [2.24, 2.45) is 11.3 Å². The standard InChI is InChI=1S/C17H23NO2/c1-12-3-5-14(6-4-12)18-16(19)15-17(11-20-15)9-7-13(2)8-10-17/h3-6,13,15H,7-11H2,1-2H3,(H,18,19). The Morgan fingerprint density at radius 3 is 2.45 bits per heavy atom. The van der Waals surface area contributed by atoms with Crippen LogP contribution in [0.4, 0.5) is 5.69 Å². The van der Waals surface area contributed by atoms with Gasteiger partial charge < -0.3 is 10.1 Å². The molecule has 1 aliphatic heterocycles. The zero-order valence-electron chi connectivity index (χ0n) is 12.3. The summed E-state index contributed by atoms with van der Waals surface area (Å²) in [6, 6.07) is 7.91. The Labute approximate surface area is 120 Å². The lowest BCUT2D eigenvalue weighted by Crippen LogP contribution is -2.58. The van der Waals surface area contributed by atoms with Crippen molar-refractivity contribution in [1.82, 2.24) is 0 Å². The lowest BCUT2D eigenvalue weighted by Gasteiger charge is -2.51. The fourth-order valence-electron chi connectivity index (χ4n) is 3.34. The Bertz CT molecular complexity index is 486. The quantitative estimate of drug-likeness (QED) is 0.895. The second-order valence-corrected chi connectivity index (χ2v) is 6.59. The summed E-state index contributed by atoms with van der Waals surface area (Å²) >= 11 is 0. The van der Waals surface area contributed by atoms with Gasteiger partial charge in [0.1, 0.15) is 6.10 Å². The maximum Gasteiger partial charge on any atom is 0.254 e. The summed E-state index contributed by atoms with van der Waals surface area (Å²) in [5.41, 5.74) is 2.16. The molecule has 1 saturated carbocycles. The molecule has 1 N–H and O–H groups in total. The molecule has 0 aromatic heterocycles. The molecule has 108 valence electrons. The number of nitrogens with one attached hydrogen (secondary N) is 1. The summed E-state index contributed by atoms with van der Waals surface area (Å²) < 4.78 is 5.60. The molecule has 1 unspecified atom stereocenters. The molecule has 1 aromatic rings. The van der Waals surface area contributed by atoms with Crippen LogP contribution in [0.15, 0.2) is 24.3 Å². The Morgan fingerprint density at radius 1 is 1.25 bits per heavy atom. The second-order valence-electron chi connectivity index (χ2n) is 6.59. The summed E-state index contributed by atoms with van der Waals surface area (Å²) in [5, 5.41) is 2.99. The van der Waals surface area contributed by atoms with Crippen molar-refractivity contribution in [2.75, 3.05) is 11.9 Å². The van der Waals surface area contributed by atoms with Gasteiger partial charge in [-0.1, -0.05) is 24.6 Å². The van der Waals surface area contributed by atoms with Crippen molar-refractivity contribution in [3.05, 3.63) is 29.8 Å². The van der Waals surface area contributed by atoms with Crippen molar-refractivity contribution in [1.29, 1.82) is 0 Å². The zero-order valence-corrected chi connectivity index (χ0v) is 12.3. The van der Waals surface area contributed by atoms with Crippen LogP contribution in [0.25, 0.3) is 0 Å². The monoisotopic (exact) mass is 273 g/mol. The predicted octanol–water partition coefficient (Wildman–Crippen LogP) is 3.53. The van der Waals surface area contributed by atoms with Gasteiger partial charge in [-0.25, -0.2) is 0 Å². The Kier molecular flexibility index (Phi) is 3.55. The van der Waals surface area contributed by atoms with Gasteiger partial charge in [0.15, 0.2) is 0 Å². The number of rotatable bonds is 2. The van der Waals surface area contributed by atoms with Gasteiger partial charge in [0, 0.05) is 11.1 Å². The van der Waals surface area contributed by atoms with Gasteiger partial charge in [-0.2, -0.15) is 0 Å². The number of anilines is 1. The van der Waals surface area contributed by atoms with Crippen LogP contribution in [0, 0.1) is 18.3 Å². The maximum absolute atomic E-state index is 12.4. The molecular weight excluding hydrogens is 250 g/mol. The van der Waals surface area contributed by atoms with Crippen molar-refractivity contribution in [3.8, 4) is 0 Å². The number of hydrogen-bond acceptors (Lipinski definition) is 2. The number of carbonyl (C=O) groups excluding carboxylic acids is 1. The van der Waals surface area contributed by atoms with Crippen LogP contribution in [-0.4, -0.2) is 18.6 Å². The van der Waals surface area contributed by atoms with Crippen LogP contribution >= 0.6 is 0 Å². The number of hydrogen-bond donors (Lipinski definition) is 1. The largest absolute Gasteiger partial charge is 0.367 e. The van der Waals surface area contributed by atoms with E-state index in [4.69, 9.17) is 4.74 Å². The van der Waals surface area contributed by atoms with Crippen molar-refractivity contribution in [3.63, 3.8) is 0 Å². The van der Waals surface area contributed by atoms with Gasteiger partial charge in [0.2, 0.25) is 0 Å². The molecule has 1 heterocycles. The van der Waals surface area contributed by atoms with E-state index in [0.717, 1.165) is 31.1 Å². The molecule has 3 nitrogen and oxygen atoms in total. The van der Waals surface area contributed by atoms with E-state index in [9.17, 15) is 4.79 Å². The lowest BCUT2D eigenvalue weighted by molar-refractivity contribution is -0.203. The molecule has 20 heavy (non-hydrogen) atoms. The first-order valence-electron chi connectivity index (χ1n) is 7.58. The molecule has 1 aliphatic carbocycles. The molecule has 0 bridgehead atoms. The van der Waals surface area contributed by atoms with Crippen LogP contribution in [0.3, 0.4) is 0 Å². The van der Waals surface area contributed by atoms with E-state index in [-0.39, 0.29) is 17.4 Å². The van der Waals surface area contributed by atoms with Crippen LogP contribution in [0.5, 0.6) is 0 Å². The first-order valence-corrected chi connectivity index (χ1v) is 7.58. The van der Waals surface area contributed by atoms with Gasteiger partial charge in [-0.15, -0.1) is 0 Å². The zero-order chi connectivity index (χ0) is 14.2. The molecule has 3 rings (SSSR count). The summed E-state index contributed by atoms with van der Waals surface area (Å²) in [5.74, 6) is 0.816. The number of carbonyl (C=O) groups is 1. The highest BCUT2D eigenvalue weighted by molar-refractivity contribution is 5.95. The number of amides is 1.